The Hall–Kier alpha value is -2.68. The monoisotopic (exact) mass is 317 g/mol. The van der Waals surface area contributed by atoms with Crippen LogP contribution < -0.4 is 10.1 Å². The maximum Gasteiger partial charge on any atom is 0.387 e. The Kier molecular flexibility index (Phi) is 5.12. The third-order valence-corrected chi connectivity index (χ3v) is 3.40. The number of anilines is 1. The van der Waals surface area contributed by atoms with E-state index in [1.54, 1.807) is 25.1 Å². The maximum absolute atomic E-state index is 12.3. The van der Waals surface area contributed by atoms with Gasteiger partial charge in [0.05, 0.1) is 16.9 Å². The number of nitrogens with one attached hydrogen (secondary N) is 1. The largest absolute Gasteiger partial charge is 0.435 e. The zero-order chi connectivity index (χ0) is 17.0. The Morgan fingerprint density at radius 1 is 1.26 bits per heavy atom. The van der Waals surface area contributed by atoms with Crippen LogP contribution in [0, 0.1) is 25.2 Å². The lowest BCUT2D eigenvalue weighted by molar-refractivity contribution is -0.0498. The van der Waals surface area contributed by atoms with Gasteiger partial charge in [-0.05, 0) is 44.5 Å². The number of alkyl halides is 2. The Labute approximate surface area is 133 Å². The lowest BCUT2D eigenvalue weighted by atomic mass is 10.1. The highest BCUT2D eigenvalue weighted by atomic mass is 19.3. The topological polar surface area (TPSA) is 57.9 Å². The third kappa shape index (κ3) is 4.16. The summed E-state index contributed by atoms with van der Waals surface area (Å²) in [5.41, 5.74) is 3.37. The summed E-state index contributed by atoms with van der Waals surface area (Å²) in [4.78, 5) is 4.27. The lowest BCUT2D eigenvalue weighted by Gasteiger charge is -2.18. The van der Waals surface area contributed by atoms with Gasteiger partial charge in [-0.1, -0.05) is 12.1 Å². The normalized spacial score (nSPS) is 11.9. The predicted molar refractivity (Wildman–Crippen MR) is 83.5 cm³/mol. The van der Waals surface area contributed by atoms with Crippen LogP contribution in [-0.4, -0.2) is 11.6 Å². The number of benzene rings is 1. The summed E-state index contributed by atoms with van der Waals surface area (Å²) in [5, 5.41) is 12.5. The average molecular weight is 317 g/mol. The van der Waals surface area contributed by atoms with Crippen LogP contribution in [0.15, 0.2) is 30.3 Å². The standard InChI is InChI=1S/C17H17F2N3O/c1-10-7-16(15(9-20)12(3)21-10)22-11(2)13-5-4-6-14(8-13)23-17(18)19/h4-8,11,17H,1-3H3,(H,21,22). The highest BCUT2D eigenvalue weighted by Gasteiger charge is 2.13. The first kappa shape index (κ1) is 16.7. The van der Waals surface area contributed by atoms with Gasteiger partial charge >= 0.3 is 6.61 Å². The van der Waals surface area contributed by atoms with Crippen LogP contribution in [0.3, 0.4) is 0 Å². The molecule has 1 N–H and O–H groups in total. The first-order valence-electron chi connectivity index (χ1n) is 7.10. The molecular formula is C17H17F2N3O. The lowest BCUT2D eigenvalue weighted by Crippen LogP contribution is -2.10. The van der Waals surface area contributed by atoms with E-state index in [1.165, 1.54) is 6.07 Å². The van der Waals surface area contributed by atoms with Gasteiger partial charge in [0, 0.05) is 11.7 Å². The van der Waals surface area contributed by atoms with Crippen LogP contribution in [-0.2, 0) is 0 Å². The summed E-state index contributed by atoms with van der Waals surface area (Å²) in [5.74, 6) is 0.105. The highest BCUT2D eigenvalue weighted by molar-refractivity contribution is 5.60. The Bertz CT molecular complexity index is 741. The zero-order valence-electron chi connectivity index (χ0n) is 13.1. The molecule has 0 aliphatic heterocycles. The molecule has 23 heavy (non-hydrogen) atoms. The predicted octanol–water partition coefficient (Wildman–Crippen LogP) is 4.34. The number of nitrogens with zero attached hydrogens (tertiary/aromatic N) is 2. The van der Waals surface area contributed by atoms with Gasteiger partial charge in [0.15, 0.2) is 0 Å². The van der Waals surface area contributed by atoms with E-state index < -0.39 is 6.61 Å². The van der Waals surface area contributed by atoms with E-state index in [2.05, 4.69) is 21.1 Å². The fourth-order valence-electron chi connectivity index (χ4n) is 2.36. The van der Waals surface area contributed by atoms with E-state index in [0.717, 1.165) is 11.3 Å². The number of aryl methyl sites for hydroxylation is 2. The molecule has 6 heteroatoms. The van der Waals surface area contributed by atoms with Crippen molar-refractivity contribution in [2.45, 2.75) is 33.4 Å². The van der Waals surface area contributed by atoms with Crippen molar-refractivity contribution >= 4 is 5.69 Å². The fourth-order valence-corrected chi connectivity index (χ4v) is 2.36. The van der Waals surface area contributed by atoms with Crippen molar-refractivity contribution in [1.82, 2.24) is 4.98 Å². The summed E-state index contributed by atoms with van der Waals surface area (Å²) in [6, 6.07) is 10.2. The van der Waals surface area contributed by atoms with Crippen molar-refractivity contribution in [3.05, 3.63) is 52.8 Å². The molecule has 0 spiro atoms. The second-order valence-corrected chi connectivity index (χ2v) is 5.20. The summed E-state index contributed by atoms with van der Waals surface area (Å²) in [6.07, 6.45) is 0. The van der Waals surface area contributed by atoms with Gasteiger partial charge in [-0.15, -0.1) is 0 Å². The molecule has 1 unspecified atom stereocenters. The van der Waals surface area contributed by atoms with E-state index >= 15 is 0 Å². The third-order valence-electron chi connectivity index (χ3n) is 3.40. The average Bonchev–Trinajstić information content (AvgIpc) is 2.46. The summed E-state index contributed by atoms with van der Waals surface area (Å²) >= 11 is 0. The molecule has 1 aromatic carbocycles. The van der Waals surface area contributed by atoms with Gasteiger partial charge in [-0.2, -0.15) is 14.0 Å². The molecule has 0 aliphatic rings. The molecule has 1 heterocycles. The molecule has 0 saturated heterocycles. The number of rotatable bonds is 5. The molecule has 0 radical (unpaired) electrons. The highest BCUT2D eigenvalue weighted by Crippen LogP contribution is 2.26. The van der Waals surface area contributed by atoms with Gasteiger partial charge in [-0.3, -0.25) is 4.98 Å². The van der Waals surface area contributed by atoms with Crippen LogP contribution in [0.5, 0.6) is 5.75 Å². The molecule has 2 rings (SSSR count). The number of hydrogen-bond acceptors (Lipinski definition) is 4. The molecule has 2 aromatic rings. The number of nitriles is 1. The van der Waals surface area contributed by atoms with E-state index in [0.29, 0.717) is 16.9 Å². The van der Waals surface area contributed by atoms with Crippen molar-refractivity contribution < 1.29 is 13.5 Å². The van der Waals surface area contributed by atoms with Crippen molar-refractivity contribution in [3.8, 4) is 11.8 Å². The van der Waals surface area contributed by atoms with E-state index in [-0.39, 0.29) is 11.8 Å². The first-order chi connectivity index (χ1) is 10.9. The van der Waals surface area contributed by atoms with Gasteiger partial charge in [0.25, 0.3) is 0 Å². The molecule has 0 fully saturated rings. The molecule has 0 amide bonds. The summed E-state index contributed by atoms with van der Waals surface area (Å²) in [6.45, 7) is 2.65. The van der Waals surface area contributed by atoms with Gasteiger partial charge in [-0.25, -0.2) is 0 Å². The van der Waals surface area contributed by atoms with E-state index in [4.69, 9.17) is 0 Å². The minimum atomic E-state index is -2.86. The molecule has 0 bridgehead atoms. The Morgan fingerprint density at radius 3 is 2.65 bits per heavy atom. The number of halogens is 2. The molecule has 1 aromatic heterocycles. The Balaban J connectivity index is 2.26. The summed E-state index contributed by atoms with van der Waals surface area (Å²) in [7, 11) is 0. The summed E-state index contributed by atoms with van der Waals surface area (Å²) < 4.78 is 29.0. The van der Waals surface area contributed by atoms with Crippen LogP contribution in [0.25, 0.3) is 0 Å². The molecule has 4 nitrogen and oxygen atoms in total. The maximum atomic E-state index is 12.3. The van der Waals surface area contributed by atoms with Crippen LogP contribution in [0.2, 0.25) is 0 Å². The van der Waals surface area contributed by atoms with Gasteiger partial charge < -0.3 is 10.1 Å². The molecular weight excluding hydrogens is 300 g/mol. The van der Waals surface area contributed by atoms with Crippen LogP contribution in [0.1, 0.15) is 35.5 Å². The number of aromatic nitrogens is 1. The van der Waals surface area contributed by atoms with Crippen molar-refractivity contribution in [3.63, 3.8) is 0 Å². The number of ether oxygens (including phenoxy) is 1. The number of hydrogen-bond donors (Lipinski definition) is 1. The Morgan fingerprint density at radius 2 is 2.00 bits per heavy atom. The van der Waals surface area contributed by atoms with Crippen molar-refractivity contribution in [1.29, 1.82) is 5.26 Å². The van der Waals surface area contributed by atoms with Crippen LogP contribution >= 0.6 is 0 Å². The smallest absolute Gasteiger partial charge is 0.387 e. The molecule has 0 aliphatic carbocycles. The second-order valence-electron chi connectivity index (χ2n) is 5.20. The quantitative estimate of drug-likeness (QED) is 0.891. The van der Waals surface area contributed by atoms with Crippen molar-refractivity contribution in [2.75, 3.05) is 5.32 Å². The molecule has 120 valence electrons. The van der Waals surface area contributed by atoms with E-state index in [1.807, 2.05) is 19.9 Å². The van der Waals surface area contributed by atoms with Crippen molar-refractivity contribution in [2.24, 2.45) is 0 Å². The SMILES string of the molecule is Cc1cc(NC(C)c2cccc(OC(F)F)c2)c(C#N)c(C)n1. The van der Waals surface area contributed by atoms with Crippen LogP contribution in [0.4, 0.5) is 14.5 Å². The minimum Gasteiger partial charge on any atom is -0.435 e. The fraction of sp³-hybridized carbons (Fsp3) is 0.294. The first-order valence-corrected chi connectivity index (χ1v) is 7.10. The minimum absolute atomic E-state index is 0.105. The second kappa shape index (κ2) is 7.05. The zero-order valence-corrected chi connectivity index (χ0v) is 13.1. The van der Waals surface area contributed by atoms with E-state index in [9.17, 15) is 14.0 Å². The van der Waals surface area contributed by atoms with Gasteiger partial charge in [0.2, 0.25) is 0 Å². The number of pyridine rings is 1. The molecule has 0 saturated carbocycles. The van der Waals surface area contributed by atoms with Gasteiger partial charge in [0.1, 0.15) is 11.8 Å². The molecule has 1 atom stereocenters.